The van der Waals surface area contributed by atoms with Crippen LogP contribution in [0.4, 0.5) is 5.69 Å². The number of nitrogen functional groups attached to an aromatic ring is 1. The lowest BCUT2D eigenvalue weighted by molar-refractivity contribution is -0.132. The van der Waals surface area contributed by atoms with Crippen molar-refractivity contribution in [3.8, 4) is 5.75 Å². The van der Waals surface area contributed by atoms with Gasteiger partial charge in [-0.15, -0.1) is 0 Å². The van der Waals surface area contributed by atoms with Crippen molar-refractivity contribution in [2.45, 2.75) is 5.92 Å². The second-order valence-corrected chi connectivity index (χ2v) is 3.56. The lowest BCUT2D eigenvalue weighted by atomic mass is 9.95. The molecule has 16 heavy (non-hydrogen) atoms. The Morgan fingerprint density at radius 1 is 1.56 bits per heavy atom. The van der Waals surface area contributed by atoms with Gasteiger partial charge in [0.15, 0.2) is 0 Å². The van der Waals surface area contributed by atoms with E-state index in [0.717, 1.165) is 5.56 Å². The third kappa shape index (κ3) is 1.60. The zero-order valence-electron chi connectivity index (χ0n) is 8.82. The zero-order valence-corrected chi connectivity index (χ0v) is 8.82. The van der Waals surface area contributed by atoms with Gasteiger partial charge in [0.1, 0.15) is 18.1 Å². The van der Waals surface area contributed by atoms with Gasteiger partial charge >= 0.3 is 5.97 Å². The fraction of sp³-hybridized carbons (Fsp3) is 0.273. The minimum Gasteiger partial charge on any atom is -0.497 e. The van der Waals surface area contributed by atoms with Gasteiger partial charge in [0.25, 0.3) is 0 Å². The van der Waals surface area contributed by atoms with Crippen LogP contribution in [0.1, 0.15) is 11.5 Å². The monoisotopic (exact) mass is 220 g/mol. The Labute approximate surface area is 92.7 Å². The van der Waals surface area contributed by atoms with Crippen LogP contribution >= 0.6 is 0 Å². The first kappa shape index (κ1) is 10.5. The predicted molar refractivity (Wildman–Crippen MR) is 58.8 cm³/mol. The molecule has 3 N–H and O–H groups in total. The number of anilines is 1. The van der Waals surface area contributed by atoms with E-state index in [9.17, 15) is 4.79 Å². The number of cyclic esters (lactones) is 1. The van der Waals surface area contributed by atoms with E-state index in [1.807, 2.05) is 0 Å². The van der Waals surface area contributed by atoms with E-state index >= 15 is 0 Å². The summed E-state index contributed by atoms with van der Waals surface area (Å²) >= 11 is 0. The minimum atomic E-state index is -0.569. The molecule has 1 aromatic rings. The number of hydrogen-bond donors (Lipinski definition) is 2. The largest absolute Gasteiger partial charge is 0.497 e. The molecule has 0 aromatic heterocycles. The van der Waals surface area contributed by atoms with Crippen molar-refractivity contribution < 1.29 is 14.3 Å². The molecule has 84 valence electrons. The smallest absolute Gasteiger partial charge is 0.352 e. The minimum absolute atomic E-state index is 0.0446. The van der Waals surface area contributed by atoms with Crippen LogP contribution in [0.5, 0.6) is 5.75 Å². The number of rotatable bonds is 2. The van der Waals surface area contributed by atoms with Gasteiger partial charge < -0.3 is 15.2 Å². The van der Waals surface area contributed by atoms with E-state index in [1.54, 1.807) is 25.3 Å². The Kier molecular flexibility index (Phi) is 2.52. The summed E-state index contributed by atoms with van der Waals surface area (Å²) in [6.07, 6.45) is 0. The summed E-state index contributed by atoms with van der Waals surface area (Å²) in [5.74, 6) is -0.281. The molecule has 2 rings (SSSR count). The summed E-state index contributed by atoms with van der Waals surface area (Å²) < 4.78 is 9.82. The molecule has 0 aliphatic carbocycles. The molecule has 1 atom stereocenters. The van der Waals surface area contributed by atoms with Gasteiger partial charge in [0.05, 0.1) is 13.0 Å². The van der Waals surface area contributed by atoms with Gasteiger partial charge in [-0.05, 0) is 11.6 Å². The van der Waals surface area contributed by atoms with Crippen molar-refractivity contribution in [3.63, 3.8) is 0 Å². The molecule has 1 aromatic carbocycles. The quantitative estimate of drug-likeness (QED) is 0.573. The third-order valence-electron chi connectivity index (χ3n) is 2.62. The number of nitrogens with two attached hydrogens (primary N) is 1. The molecule has 1 saturated heterocycles. The summed E-state index contributed by atoms with van der Waals surface area (Å²) in [5.41, 5.74) is 7.04. The summed E-state index contributed by atoms with van der Waals surface area (Å²) in [5, 5.41) is 7.58. The van der Waals surface area contributed by atoms with Crippen LogP contribution in [0, 0.1) is 5.41 Å². The van der Waals surface area contributed by atoms with Crippen molar-refractivity contribution >= 4 is 17.4 Å². The maximum Gasteiger partial charge on any atom is 0.352 e. The number of carbonyl (C=O) groups is 1. The molecule has 0 radical (unpaired) electrons. The molecule has 0 unspecified atom stereocenters. The fourth-order valence-electron chi connectivity index (χ4n) is 1.70. The van der Waals surface area contributed by atoms with E-state index in [2.05, 4.69) is 0 Å². The maximum absolute atomic E-state index is 11.1. The SMILES string of the molecule is COc1ccc([C@@H]2COC(=O)C2=N)c(N)c1. The molecule has 0 spiro atoms. The topological polar surface area (TPSA) is 85.4 Å². The molecular weight excluding hydrogens is 208 g/mol. The van der Waals surface area contributed by atoms with E-state index in [4.69, 9.17) is 20.6 Å². The highest BCUT2D eigenvalue weighted by Gasteiger charge is 2.33. The first-order valence-corrected chi connectivity index (χ1v) is 4.82. The van der Waals surface area contributed by atoms with Crippen LogP contribution in [0.25, 0.3) is 0 Å². The lowest BCUT2D eigenvalue weighted by Gasteiger charge is -2.11. The van der Waals surface area contributed by atoms with Crippen LogP contribution in [0.15, 0.2) is 18.2 Å². The van der Waals surface area contributed by atoms with Crippen LogP contribution in [-0.2, 0) is 9.53 Å². The van der Waals surface area contributed by atoms with Gasteiger partial charge in [-0.3, -0.25) is 5.41 Å². The number of methoxy groups -OCH3 is 1. The van der Waals surface area contributed by atoms with E-state index in [-0.39, 0.29) is 18.2 Å². The second-order valence-electron chi connectivity index (χ2n) is 3.56. The first-order valence-electron chi connectivity index (χ1n) is 4.82. The highest BCUT2D eigenvalue weighted by atomic mass is 16.5. The van der Waals surface area contributed by atoms with E-state index in [0.29, 0.717) is 11.4 Å². The predicted octanol–water partition coefficient (Wildman–Crippen LogP) is 0.938. The molecule has 0 bridgehead atoms. The lowest BCUT2D eigenvalue weighted by Crippen LogP contribution is -2.13. The Morgan fingerprint density at radius 3 is 2.81 bits per heavy atom. The molecular formula is C11H12N2O3. The summed E-state index contributed by atoms with van der Waals surface area (Å²) in [4.78, 5) is 11.1. The van der Waals surface area contributed by atoms with Gasteiger partial charge in [-0.25, -0.2) is 4.79 Å². The molecule has 1 aliphatic rings. The van der Waals surface area contributed by atoms with Crippen molar-refractivity contribution in [2.75, 3.05) is 19.5 Å². The molecule has 0 amide bonds. The van der Waals surface area contributed by atoms with Gasteiger partial charge in [0.2, 0.25) is 0 Å². The highest BCUT2D eigenvalue weighted by molar-refractivity contribution is 6.39. The second kappa shape index (κ2) is 3.84. The third-order valence-corrected chi connectivity index (χ3v) is 2.62. The number of ether oxygens (including phenoxy) is 2. The van der Waals surface area contributed by atoms with Gasteiger partial charge in [-0.1, -0.05) is 6.07 Å². The maximum atomic E-state index is 11.1. The summed E-state index contributed by atoms with van der Waals surface area (Å²) in [6.45, 7) is 0.189. The molecule has 1 aliphatic heterocycles. The summed E-state index contributed by atoms with van der Waals surface area (Å²) in [6, 6.07) is 5.18. The highest BCUT2D eigenvalue weighted by Crippen LogP contribution is 2.30. The van der Waals surface area contributed by atoms with Crippen molar-refractivity contribution in [3.05, 3.63) is 23.8 Å². The summed E-state index contributed by atoms with van der Waals surface area (Å²) in [7, 11) is 1.55. The Hall–Kier alpha value is -2.04. The first-order chi connectivity index (χ1) is 7.63. The Balaban J connectivity index is 2.34. The van der Waals surface area contributed by atoms with E-state index < -0.39 is 5.97 Å². The standard InChI is InChI=1S/C11H12N2O3/c1-15-6-2-3-7(9(12)4-6)8-5-16-11(14)10(8)13/h2-4,8,13H,5,12H2,1H3/t8-/m0/s1. The Morgan fingerprint density at radius 2 is 2.31 bits per heavy atom. The van der Waals surface area contributed by atoms with Crippen molar-refractivity contribution in [1.29, 1.82) is 5.41 Å². The Bertz CT molecular complexity index is 457. The number of hydrogen-bond acceptors (Lipinski definition) is 5. The average molecular weight is 220 g/mol. The number of benzene rings is 1. The van der Waals surface area contributed by atoms with Crippen molar-refractivity contribution in [1.82, 2.24) is 0 Å². The molecule has 1 fully saturated rings. The molecule has 5 nitrogen and oxygen atoms in total. The van der Waals surface area contributed by atoms with E-state index in [1.165, 1.54) is 0 Å². The molecule has 5 heteroatoms. The van der Waals surface area contributed by atoms with Crippen molar-refractivity contribution in [2.24, 2.45) is 0 Å². The average Bonchev–Trinajstić information content (AvgIpc) is 2.60. The van der Waals surface area contributed by atoms with Crippen LogP contribution in [0.2, 0.25) is 0 Å². The van der Waals surface area contributed by atoms with Crippen LogP contribution in [0.3, 0.4) is 0 Å². The number of carbonyl (C=O) groups excluding carboxylic acids is 1. The van der Waals surface area contributed by atoms with Gasteiger partial charge in [0, 0.05) is 11.8 Å². The normalized spacial score (nSPS) is 19.7. The zero-order chi connectivity index (χ0) is 11.7. The van der Waals surface area contributed by atoms with Crippen LogP contribution < -0.4 is 10.5 Å². The van der Waals surface area contributed by atoms with Crippen LogP contribution in [-0.4, -0.2) is 25.4 Å². The number of nitrogens with one attached hydrogen (secondary N) is 1. The van der Waals surface area contributed by atoms with Gasteiger partial charge in [-0.2, -0.15) is 0 Å². The fourth-order valence-corrected chi connectivity index (χ4v) is 1.70. The molecule has 0 saturated carbocycles. The molecule has 1 heterocycles. The number of esters is 1.